The molecule has 17 heavy (non-hydrogen) atoms. The third-order valence-electron chi connectivity index (χ3n) is 2.70. The molecule has 5 heteroatoms. The van der Waals surface area contributed by atoms with E-state index in [1.54, 1.807) is 29.2 Å². The molecular weight excluding hydrogens is 220 g/mol. The highest BCUT2D eigenvalue weighted by atomic mass is 17.2. The zero-order valence-electron chi connectivity index (χ0n) is 9.59. The molecule has 0 aromatic heterocycles. The van der Waals surface area contributed by atoms with Gasteiger partial charge in [0.1, 0.15) is 0 Å². The molecule has 0 radical (unpaired) electrons. The summed E-state index contributed by atoms with van der Waals surface area (Å²) < 4.78 is 0. The Bertz CT molecular complexity index is 372. The van der Waals surface area contributed by atoms with E-state index in [1.165, 1.54) is 6.42 Å². The summed E-state index contributed by atoms with van der Waals surface area (Å²) in [7, 11) is 0. The maximum Gasteiger partial charge on any atom is 0.452 e. The van der Waals surface area contributed by atoms with Crippen LogP contribution in [0.1, 0.15) is 19.3 Å². The van der Waals surface area contributed by atoms with Gasteiger partial charge < -0.3 is 10.6 Å². The van der Waals surface area contributed by atoms with Crippen LogP contribution in [0.15, 0.2) is 24.3 Å². The first-order chi connectivity index (χ1) is 8.25. The van der Waals surface area contributed by atoms with Gasteiger partial charge in [0.15, 0.2) is 5.75 Å². The Labute approximate surface area is 100 Å². The highest BCUT2D eigenvalue weighted by Crippen LogP contribution is 2.15. The molecule has 1 aliphatic rings. The molecule has 1 aromatic carbocycles. The second-order valence-electron chi connectivity index (χ2n) is 4.05. The van der Waals surface area contributed by atoms with E-state index in [0.29, 0.717) is 11.4 Å². The zero-order valence-corrected chi connectivity index (χ0v) is 9.59. The topological polar surface area (TPSA) is 64.8 Å². The second-order valence-corrected chi connectivity index (χ2v) is 4.05. The number of carbonyl (C=O) groups excluding carboxylic acids is 1. The van der Waals surface area contributed by atoms with Crippen LogP contribution >= 0.6 is 0 Å². The van der Waals surface area contributed by atoms with Gasteiger partial charge in [-0.25, -0.2) is 9.68 Å². The largest absolute Gasteiger partial charge is 0.452 e. The lowest BCUT2D eigenvalue weighted by Gasteiger charge is -2.24. The van der Waals surface area contributed by atoms with Crippen LogP contribution in [-0.4, -0.2) is 24.1 Å². The van der Waals surface area contributed by atoms with Gasteiger partial charge >= 0.3 is 6.09 Å². The quantitative estimate of drug-likeness (QED) is 0.485. The van der Waals surface area contributed by atoms with Crippen LogP contribution in [0.3, 0.4) is 0 Å². The molecule has 0 atom stereocenters. The number of carbonyl (C=O) groups is 1. The summed E-state index contributed by atoms with van der Waals surface area (Å²) in [5.74, 6) is 0.463. The van der Waals surface area contributed by atoms with Crippen LogP contribution in [0.25, 0.3) is 0 Å². The predicted octanol–water partition coefficient (Wildman–Crippen LogP) is 2.19. The summed E-state index contributed by atoms with van der Waals surface area (Å²) in [6, 6.07) is 6.67. The number of hydrogen-bond donors (Lipinski definition) is 1. The molecule has 1 aliphatic heterocycles. The third-order valence-corrected chi connectivity index (χ3v) is 2.70. The van der Waals surface area contributed by atoms with Crippen molar-refractivity contribution in [3.63, 3.8) is 0 Å². The lowest BCUT2D eigenvalue weighted by molar-refractivity contribution is -0.154. The highest BCUT2D eigenvalue weighted by molar-refractivity contribution is 5.67. The maximum absolute atomic E-state index is 11.6. The average Bonchev–Trinajstić information content (AvgIpc) is 2.39. The molecule has 2 rings (SSSR count). The van der Waals surface area contributed by atoms with Gasteiger partial charge in [0, 0.05) is 18.8 Å². The van der Waals surface area contributed by atoms with Crippen molar-refractivity contribution in [2.75, 3.05) is 18.8 Å². The Hall–Kier alpha value is -1.91. The van der Waals surface area contributed by atoms with Crippen molar-refractivity contribution in [1.82, 2.24) is 4.90 Å². The van der Waals surface area contributed by atoms with Crippen molar-refractivity contribution in [2.24, 2.45) is 0 Å². The van der Waals surface area contributed by atoms with Crippen molar-refractivity contribution < 1.29 is 14.6 Å². The smallest absolute Gasteiger partial charge is 0.399 e. The molecule has 0 bridgehead atoms. The lowest BCUT2D eigenvalue weighted by atomic mass is 10.1. The summed E-state index contributed by atoms with van der Waals surface area (Å²) in [5.41, 5.74) is 6.17. The number of anilines is 1. The summed E-state index contributed by atoms with van der Waals surface area (Å²) >= 11 is 0. The number of nitrogens with two attached hydrogens (primary N) is 1. The van der Waals surface area contributed by atoms with Gasteiger partial charge in [0.2, 0.25) is 0 Å². The van der Waals surface area contributed by atoms with E-state index in [4.69, 9.17) is 15.5 Å². The minimum absolute atomic E-state index is 0.429. The number of benzene rings is 1. The summed E-state index contributed by atoms with van der Waals surface area (Å²) in [6.07, 6.45) is 2.79. The van der Waals surface area contributed by atoms with Gasteiger partial charge in [-0.1, -0.05) is 0 Å². The van der Waals surface area contributed by atoms with Gasteiger partial charge in [0.25, 0.3) is 0 Å². The van der Waals surface area contributed by atoms with E-state index in [-0.39, 0.29) is 0 Å². The van der Waals surface area contributed by atoms with Crippen molar-refractivity contribution in [3.8, 4) is 5.75 Å². The van der Waals surface area contributed by atoms with E-state index in [2.05, 4.69) is 0 Å². The van der Waals surface area contributed by atoms with Crippen LogP contribution < -0.4 is 10.6 Å². The molecule has 1 amide bonds. The first-order valence-electron chi connectivity index (χ1n) is 5.75. The van der Waals surface area contributed by atoms with Crippen molar-refractivity contribution in [1.29, 1.82) is 0 Å². The van der Waals surface area contributed by atoms with E-state index in [0.717, 1.165) is 25.9 Å². The number of nitrogen functional groups attached to an aromatic ring is 1. The number of piperidine rings is 1. The van der Waals surface area contributed by atoms with Gasteiger partial charge in [-0.05, 0) is 43.5 Å². The Balaban J connectivity index is 1.81. The molecule has 2 N–H and O–H groups in total. The summed E-state index contributed by atoms with van der Waals surface area (Å²) in [5, 5.41) is 0. The summed E-state index contributed by atoms with van der Waals surface area (Å²) in [6.45, 7) is 1.48. The van der Waals surface area contributed by atoms with Gasteiger partial charge in [0.05, 0.1) is 0 Å². The fourth-order valence-corrected chi connectivity index (χ4v) is 1.74. The number of hydrogen-bond acceptors (Lipinski definition) is 4. The Kier molecular flexibility index (Phi) is 3.69. The standard InChI is InChI=1S/C12H16N2O3/c13-10-4-6-11(7-5-10)16-17-12(15)14-8-2-1-3-9-14/h4-7H,1-3,8-9,13H2. The number of nitrogens with zero attached hydrogens (tertiary/aromatic N) is 1. The minimum atomic E-state index is -0.429. The molecule has 0 aliphatic carbocycles. The predicted molar refractivity (Wildman–Crippen MR) is 63.4 cm³/mol. The van der Waals surface area contributed by atoms with Crippen LogP contribution in [0.5, 0.6) is 5.75 Å². The van der Waals surface area contributed by atoms with Crippen LogP contribution in [0, 0.1) is 0 Å². The Morgan fingerprint density at radius 1 is 1.12 bits per heavy atom. The monoisotopic (exact) mass is 236 g/mol. The van der Waals surface area contributed by atoms with E-state index >= 15 is 0 Å². The van der Waals surface area contributed by atoms with Crippen molar-refractivity contribution in [2.45, 2.75) is 19.3 Å². The number of likely N-dealkylation sites (tertiary alicyclic amines) is 1. The SMILES string of the molecule is Nc1ccc(OOC(=O)N2CCCCC2)cc1. The third kappa shape index (κ3) is 3.27. The van der Waals surface area contributed by atoms with E-state index in [1.807, 2.05) is 0 Å². The Morgan fingerprint density at radius 2 is 1.76 bits per heavy atom. The van der Waals surface area contributed by atoms with Gasteiger partial charge in [-0.15, -0.1) is 0 Å². The van der Waals surface area contributed by atoms with Crippen LogP contribution in [0.4, 0.5) is 10.5 Å². The zero-order chi connectivity index (χ0) is 12.1. The lowest BCUT2D eigenvalue weighted by Crippen LogP contribution is -2.36. The van der Waals surface area contributed by atoms with Gasteiger partial charge in [-0.3, -0.25) is 4.89 Å². The molecule has 1 saturated heterocycles. The van der Waals surface area contributed by atoms with Gasteiger partial charge in [-0.2, -0.15) is 0 Å². The normalized spacial score (nSPS) is 15.4. The summed E-state index contributed by atoms with van der Waals surface area (Å²) in [4.78, 5) is 22.9. The minimum Gasteiger partial charge on any atom is -0.399 e. The first-order valence-corrected chi connectivity index (χ1v) is 5.75. The van der Waals surface area contributed by atoms with Crippen LogP contribution in [0.2, 0.25) is 0 Å². The van der Waals surface area contributed by atoms with Crippen molar-refractivity contribution >= 4 is 11.8 Å². The molecule has 1 aromatic rings. The molecule has 5 nitrogen and oxygen atoms in total. The molecule has 1 heterocycles. The number of rotatable bonds is 2. The van der Waals surface area contributed by atoms with Crippen LogP contribution in [-0.2, 0) is 4.89 Å². The van der Waals surface area contributed by atoms with Crippen molar-refractivity contribution in [3.05, 3.63) is 24.3 Å². The highest BCUT2D eigenvalue weighted by Gasteiger charge is 2.18. The average molecular weight is 236 g/mol. The fraction of sp³-hybridized carbons (Fsp3) is 0.417. The Morgan fingerprint density at radius 3 is 2.41 bits per heavy atom. The number of amides is 1. The van der Waals surface area contributed by atoms with E-state index in [9.17, 15) is 4.79 Å². The maximum atomic E-state index is 11.6. The molecule has 1 fully saturated rings. The van der Waals surface area contributed by atoms with E-state index < -0.39 is 6.09 Å². The first kappa shape index (κ1) is 11.6. The molecule has 0 spiro atoms. The molecular formula is C12H16N2O3. The molecule has 92 valence electrons. The second kappa shape index (κ2) is 5.43. The fourth-order valence-electron chi connectivity index (χ4n) is 1.74. The molecule has 0 unspecified atom stereocenters. The molecule has 0 saturated carbocycles.